The highest BCUT2D eigenvalue weighted by Gasteiger charge is 2.18. The quantitative estimate of drug-likeness (QED) is 0.599. The van der Waals surface area contributed by atoms with Crippen LogP contribution in [0.3, 0.4) is 0 Å². The predicted molar refractivity (Wildman–Crippen MR) is 112 cm³/mol. The highest BCUT2D eigenvalue weighted by molar-refractivity contribution is 5.62. The Labute approximate surface area is 168 Å². The van der Waals surface area contributed by atoms with Crippen molar-refractivity contribution in [2.24, 2.45) is 0 Å². The summed E-state index contributed by atoms with van der Waals surface area (Å²) in [5, 5.41) is 8.64. The summed E-state index contributed by atoms with van der Waals surface area (Å²) in [6.45, 7) is 5.51. The summed E-state index contributed by atoms with van der Waals surface area (Å²) in [5.41, 5.74) is 1.79. The fraction of sp³-hybridized carbons (Fsp3) is 0.190. The SMILES string of the molecule is C=C/C=C(\C)n1nccc1-c1nn(-c2ccc(N(C)C)cc2F)cc(OC)c1=O. The first-order chi connectivity index (χ1) is 13.9. The Morgan fingerprint density at radius 3 is 2.69 bits per heavy atom. The summed E-state index contributed by atoms with van der Waals surface area (Å²) in [5.74, 6) is -0.430. The van der Waals surface area contributed by atoms with Crippen LogP contribution in [0.1, 0.15) is 6.92 Å². The molecule has 0 fully saturated rings. The van der Waals surface area contributed by atoms with E-state index in [2.05, 4.69) is 16.8 Å². The number of nitrogens with zero attached hydrogens (tertiary/aromatic N) is 5. The molecule has 3 aromatic rings. The van der Waals surface area contributed by atoms with Gasteiger partial charge in [-0.3, -0.25) is 4.79 Å². The maximum Gasteiger partial charge on any atom is 0.251 e. The Morgan fingerprint density at radius 1 is 1.31 bits per heavy atom. The summed E-state index contributed by atoms with van der Waals surface area (Å²) in [4.78, 5) is 14.7. The summed E-state index contributed by atoms with van der Waals surface area (Å²) < 4.78 is 22.9. The van der Waals surface area contributed by atoms with E-state index in [1.54, 1.807) is 46.1 Å². The van der Waals surface area contributed by atoms with Gasteiger partial charge in [-0.25, -0.2) is 13.8 Å². The van der Waals surface area contributed by atoms with Gasteiger partial charge in [0.05, 0.1) is 25.2 Å². The minimum absolute atomic E-state index is 0.0455. The molecule has 150 valence electrons. The normalized spacial score (nSPS) is 11.4. The number of methoxy groups -OCH3 is 1. The van der Waals surface area contributed by atoms with E-state index in [-0.39, 0.29) is 17.1 Å². The first-order valence-electron chi connectivity index (χ1n) is 8.86. The molecule has 0 atom stereocenters. The minimum atomic E-state index is -0.475. The number of hydrogen-bond donors (Lipinski definition) is 0. The van der Waals surface area contributed by atoms with Gasteiger partial charge in [0.15, 0.2) is 17.3 Å². The van der Waals surface area contributed by atoms with Gasteiger partial charge in [-0.2, -0.15) is 10.2 Å². The van der Waals surface area contributed by atoms with Gasteiger partial charge in [-0.15, -0.1) is 0 Å². The standard InChI is InChI=1S/C21H22FN5O2/c1-6-7-14(2)27-18(10-11-23-27)20-21(28)19(29-5)13-26(24-20)17-9-8-15(25(3)4)12-16(17)22/h6-13H,1H2,2-5H3/b14-7+. The number of halogens is 1. The Balaban J connectivity index is 2.22. The molecule has 2 aromatic heterocycles. The van der Waals surface area contributed by atoms with E-state index in [4.69, 9.17) is 4.74 Å². The molecular formula is C21H22FN5O2. The topological polar surface area (TPSA) is 65.2 Å². The molecule has 0 spiro atoms. The van der Waals surface area contributed by atoms with Gasteiger partial charge in [0.2, 0.25) is 0 Å². The largest absolute Gasteiger partial charge is 0.491 e. The van der Waals surface area contributed by atoms with Crippen molar-refractivity contribution < 1.29 is 9.13 Å². The number of hydrogen-bond acceptors (Lipinski definition) is 5. The van der Waals surface area contributed by atoms with Gasteiger partial charge >= 0.3 is 0 Å². The van der Waals surface area contributed by atoms with E-state index in [0.29, 0.717) is 11.4 Å². The Kier molecular flexibility index (Phi) is 5.63. The Bertz CT molecular complexity index is 1140. The lowest BCUT2D eigenvalue weighted by atomic mass is 10.2. The Hall–Kier alpha value is -3.68. The average molecular weight is 395 g/mol. The van der Waals surface area contributed by atoms with Gasteiger partial charge < -0.3 is 9.64 Å². The number of rotatable bonds is 6. The molecule has 0 amide bonds. The fourth-order valence-corrected chi connectivity index (χ4v) is 2.87. The lowest BCUT2D eigenvalue weighted by molar-refractivity contribution is 0.405. The van der Waals surface area contributed by atoms with Crippen LogP contribution in [0.5, 0.6) is 5.75 Å². The van der Waals surface area contributed by atoms with Crippen LogP contribution in [-0.4, -0.2) is 40.8 Å². The highest BCUT2D eigenvalue weighted by Crippen LogP contribution is 2.23. The second-order valence-corrected chi connectivity index (χ2v) is 6.52. The average Bonchev–Trinajstić information content (AvgIpc) is 3.18. The van der Waals surface area contributed by atoms with Crippen LogP contribution in [0, 0.1) is 5.82 Å². The van der Waals surface area contributed by atoms with E-state index < -0.39 is 11.2 Å². The van der Waals surface area contributed by atoms with Crippen LogP contribution in [0.4, 0.5) is 10.1 Å². The third-order valence-electron chi connectivity index (χ3n) is 4.38. The zero-order valence-electron chi connectivity index (χ0n) is 16.8. The lowest BCUT2D eigenvalue weighted by Gasteiger charge is -2.15. The van der Waals surface area contributed by atoms with Gasteiger partial charge in [-0.05, 0) is 37.3 Å². The van der Waals surface area contributed by atoms with Crippen molar-refractivity contribution in [1.82, 2.24) is 19.6 Å². The molecule has 0 aliphatic rings. The second-order valence-electron chi connectivity index (χ2n) is 6.52. The second kappa shape index (κ2) is 8.14. The first-order valence-corrected chi connectivity index (χ1v) is 8.86. The molecule has 0 radical (unpaired) electrons. The summed E-state index contributed by atoms with van der Waals surface area (Å²) in [6.07, 6.45) is 6.31. The zero-order chi connectivity index (χ0) is 21.1. The maximum atomic E-state index is 14.8. The molecule has 0 aliphatic heterocycles. The Morgan fingerprint density at radius 2 is 2.07 bits per heavy atom. The van der Waals surface area contributed by atoms with Crippen molar-refractivity contribution in [3.63, 3.8) is 0 Å². The molecule has 8 heteroatoms. The van der Waals surface area contributed by atoms with E-state index >= 15 is 0 Å². The smallest absolute Gasteiger partial charge is 0.251 e. The van der Waals surface area contributed by atoms with Gasteiger partial charge in [0.25, 0.3) is 5.43 Å². The van der Waals surface area contributed by atoms with Crippen LogP contribution >= 0.6 is 0 Å². The number of ether oxygens (including phenoxy) is 1. The van der Waals surface area contributed by atoms with E-state index in [0.717, 1.165) is 5.70 Å². The molecule has 2 heterocycles. The van der Waals surface area contributed by atoms with Crippen molar-refractivity contribution in [3.8, 4) is 22.8 Å². The van der Waals surface area contributed by atoms with Crippen molar-refractivity contribution >= 4 is 11.4 Å². The highest BCUT2D eigenvalue weighted by atomic mass is 19.1. The van der Waals surface area contributed by atoms with Gasteiger partial charge in [0.1, 0.15) is 5.69 Å². The van der Waals surface area contributed by atoms with Crippen molar-refractivity contribution in [1.29, 1.82) is 0 Å². The van der Waals surface area contributed by atoms with Gasteiger partial charge in [0, 0.05) is 25.5 Å². The predicted octanol–water partition coefficient (Wildman–Crippen LogP) is 3.36. The minimum Gasteiger partial charge on any atom is -0.491 e. The summed E-state index contributed by atoms with van der Waals surface area (Å²) in [7, 11) is 5.04. The monoisotopic (exact) mass is 395 g/mol. The molecule has 0 bridgehead atoms. The molecule has 1 aromatic carbocycles. The van der Waals surface area contributed by atoms with Crippen LogP contribution < -0.4 is 15.1 Å². The zero-order valence-corrected chi connectivity index (χ0v) is 16.8. The third kappa shape index (κ3) is 3.82. The van der Waals surface area contributed by atoms with Crippen molar-refractivity contribution in [2.75, 3.05) is 26.1 Å². The molecule has 29 heavy (non-hydrogen) atoms. The third-order valence-corrected chi connectivity index (χ3v) is 4.38. The van der Waals surface area contributed by atoms with Gasteiger partial charge in [-0.1, -0.05) is 12.7 Å². The van der Waals surface area contributed by atoms with Crippen LogP contribution in [-0.2, 0) is 0 Å². The molecule has 0 saturated heterocycles. The number of aromatic nitrogens is 4. The number of anilines is 1. The van der Waals surface area contributed by atoms with Crippen LogP contribution in [0.15, 0.2) is 60.2 Å². The lowest BCUT2D eigenvalue weighted by Crippen LogP contribution is -2.18. The van der Waals surface area contributed by atoms with E-state index in [1.165, 1.54) is 24.1 Å². The van der Waals surface area contributed by atoms with Crippen LogP contribution in [0.25, 0.3) is 22.8 Å². The summed E-state index contributed by atoms with van der Waals surface area (Å²) in [6, 6.07) is 6.44. The summed E-state index contributed by atoms with van der Waals surface area (Å²) >= 11 is 0. The maximum absolute atomic E-state index is 14.8. The van der Waals surface area contributed by atoms with Crippen molar-refractivity contribution in [3.05, 3.63) is 71.4 Å². The molecule has 0 aliphatic carbocycles. The molecule has 0 saturated carbocycles. The fourth-order valence-electron chi connectivity index (χ4n) is 2.87. The molecule has 0 N–H and O–H groups in total. The van der Waals surface area contributed by atoms with E-state index in [1.807, 2.05) is 21.0 Å². The number of allylic oxidation sites excluding steroid dienone is 3. The molecular weight excluding hydrogens is 373 g/mol. The van der Waals surface area contributed by atoms with E-state index in [9.17, 15) is 9.18 Å². The molecule has 3 rings (SSSR count). The van der Waals surface area contributed by atoms with Crippen molar-refractivity contribution in [2.45, 2.75) is 6.92 Å². The molecule has 7 nitrogen and oxygen atoms in total. The van der Waals surface area contributed by atoms with Crippen LogP contribution in [0.2, 0.25) is 0 Å². The number of benzene rings is 1. The molecule has 0 unspecified atom stereocenters. The first kappa shape index (κ1) is 20.1.